The summed E-state index contributed by atoms with van der Waals surface area (Å²) in [6.07, 6.45) is 1.79. The fourth-order valence-corrected chi connectivity index (χ4v) is 1.99. The predicted octanol–water partition coefficient (Wildman–Crippen LogP) is 1.24. The van der Waals surface area contributed by atoms with Gasteiger partial charge in [-0.2, -0.15) is 0 Å². The molecule has 5 nitrogen and oxygen atoms in total. The lowest BCUT2D eigenvalue weighted by atomic mass is 10.1. The van der Waals surface area contributed by atoms with E-state index in [-0.39, 0.29) is 11.7 Å². The number of hydrogen-bond donors (Lipinski definition) is 1. The van der Waals surface area contributed by atoms with Crippen molar-refractivity contribution in [3.05, 3.63) is 17.6 Å². The normalized spacial score (nSPS) is 22.8. The van der Waals surface area contributed by atoms with E-state index in [9.17, 15) is 0 Å². The molecule has 0 amide bonds. The van der Waals surface area contributed by atoms with Crippen molar-refractivity contribution in [2.24, 2.45) is 0 Å². The molecule has 0 radical (unpaired) electrons. The molecule has 1 N–H and O–H groups in total. The maximum atomic E-state index is 5.93. The third-order valence-corrected chi connectivity index (χ3v) is 2.85. The smallest absolute Gasteiger partial charge is 0.235 e. The predicted molar refractivity (Wildman–Crippen MR) is 68.8 cm³/mol. The third kappa shape index (κ3) is 3.40. The zero-order valence-electron chi connectivity index (χ0n) is 11.5. The summed E-state index contributed by atoms with van der Waals surface area (Å²) in [5.74, 6) is 0.599. The summed E-state index contributed by atoms with van der Waals surface area (Å²) in [6, 6.07) is 0. The summed E-state index contributed by atoms with van der Waals surface area (Å²) >= 11 is 0. The van der Waals surface area contributed by atoms with Gasteiger partial charge in [0.1, 0.15) is 12.7 Å². The SMILES string of the molecule is Cc1cnc(C)c(OCC2CNCC(C)(C)O2)n1. The number of rotatable bonds is 3. The minimum absolute atomic E-state index is 0.0514. The molecule has 1 fully saturated rings. The molecule has 0 bridgehead atoms. The van der Waals surface area contributed by atoms with E-state index in [1.807, 2.05) is 13.8 Å². The highest BCUT2D eigenvalue weighted by molar-refractivity contribution is 5.18. The van der Waals surface area contributed by atoms with Gasteiger partial charge < -0.3 is 14.8 Å². The van der Waals surface area contributed by atoms with Gasteiger partial charge in [-0.3, -0.25) is 4.98 Å². The van der Waals surface area contributed by atoms with E-state index in [1.54, 1.807) is 6.20 Å². The van der Waals surface area contributed by atoms with E-state index in [4.69, 9.17) is 9.47 Å². The van der Waals surface area contributed by atoms with Crippen LogP contribution in [-0.4, -0.2) is 41.4 Å². The van der Waals surface area contributed by atoms with Crippen LogP contribution in [0.4, 0.5) is 0 Å². The fraction of sp³-hybridized carbons (Fsp3) is 0.692. The number of hydrogen-bond acceptors (Lipinski definition) is 5. The van der Waals surface area contributed by atoms with Crippen molar-refractivity contribution in [2.45, 2.75) is 39.4 Å². The molecule has 18 heavy (non-hydrogen) atoms. The van der Waals surface area contributed by atoms with E-state index < -0.39 is 0 Å². The molecule has 0 aliphatic carbocycles. The molecule has 2 heterocycles. The minimum Gasteiger partial charge on any atom is -0.474 e. The number of nitrogens with zero attached hydrogens (tertiary/aromatic N) is 2. The first-order valence-corrected chi connectivity index (χ1v) is 6.28. The van der Waals surface area contributed by atoms with Gasteiger partial charge in [-0.15, -0.1) is 0 Å². The number of aryl methyl sites for hydroxylation is 2. The van der Waals surface area contributed by atoms with Gasteiger partial charge in [0.25, 0.3) is 0 Å². The molecule has 1 aliphatic rings. The van der Waals surface area contributed by atoms with Crippen LogP contribution >= 0.6 is 0 Å². The molecule has 0 aromatic carbocycles. The van der Waals surface area contributed by atoms with E-state index >= 15 is 0 Å². The summed E-state index contributed by atoms with van der Waals surface area (Å²) in [6.45, 7) is 10.1. The summed E-state index contributed by atoms with van der Waals surface area (Å²) < 4.78 is 11.6. The van der Waals surface area contributed by atoms with Crippen molar-refractivity contribution in [3.8, 4) is 5.88 Å². The van der Waals surface area contributed by atoms with Crippen LogP contribution in [-0.2, 0) is 4.74 Å². The first-order valence-electron chi connectivity index (χ1n) is 6.28. The van der Waals surface area contributed by atoms with Gasteiger partial charge in [0.2, 0.25) is 5.88 Å². The lowest BCUT2D eigenvalue weighted by Gasteiger charge is -2.36. The Labute approximate surface area is 108 Å². The van der Waals surface area contributed by atoms with Crippen LogP contribution in [0.15, 0.2) is 6.20 Å². The molecule has 0 spiro atoms. The van der Waals surface area contributed by atoms with Crippen LogP contribution in [0.3, 0.4) is 0 Å². The van der Waals surface area contributed by atoms with Crippen LogP contribution in [0, 0.1) is 13.8 Å². The van der Waals surface area contributed by atoms with Crippen molar-refractivity contribution in [1.29, 1.82) is 0 Å². The van der Waals surface area contributed by atoms with Gasteiger partial charge in [-0.25, -0.2) is 4.98 Å². The van der Waals surface area contributed by atoms with Gasteiger partial charge in [0.15, 0.2) is 0 Å². The Morgan fingerprint density at radius 3 is 3.00 bits per heavy atom. The Kier molecular flexibility index (Phi) is 3.82. The van der Waals surface area contributed by atoms with Crippen LogP contribution in [0.5, 0.6) is 5.88 Å². The Morgan fingerprint density at radius 1 is 1.50 bits per heavy atom. The van der Waals surface area contributed by atoms with Gasteiger partial charge >= 0.3 is 0 Å². The number of morpholine rings is 1. The highest BCUT2D eigenvalue weighted by atomic mass is 16.6. The molecule has 1 aromatic rings. The molecule has 5 heteroatoms. The van der Waals surface area contributed by atoms with E-state index in [0.717, 1.165) is 24.5 Å². The Bertz CT molecular complexity index is 421. The lowest BCUT2D eigenvalue weighted by Crippen LogP contribution is -2.52. The second kappa shape index (κ2) is 5.20. The number of aromatic nitrogens is 2. The minimum atomic E-state index is -0.139. The third-order valence-electron chi connectivity index (χ3n) is 2.85. The molecule has 1 atom stereocenters. The number of ether oxygens (including phenoxy) is 2. The van der Waals surface area contributed by atoms with Crippen molar-refractivity contribution >= 4 is 0 Å². The first kappa shape index (κ1) is 13.2. The van der Waals surface area contributed by atoms with Gasteiger partial charge in [0.05, 0.1) is 17.0 Å². The average Bonchev–Trinajstić information content (AvgIpc) is 2.29. The quantitative estimate of drug-likeness (QED) is 0.876. The molecular weight excluding hydrogens is 230 g/mol. The lowest BCUT2D eigenvalue weighted by molar-refractivity contribution is -0.107. The second-order valence-corrected chi connectivity index (χ2v) is 5.34. The van der Waals surface area contributed by atoms with Crippen molar-refractivity contribution in [3.63, 3.8) is 0 Å². The molecular formula is C13H21N3O2. The van der Waals surface area contributed by atoms with E-state index in [2.05, 4.69) is 29.1 Å². The molecule has 1 unspecified atom stereocenters. The Hall–Kier alpha value is -1.20. The maximum absolute atomic E-state index is 5.93. The summed E-state index contributed by atoms with van der Waals surface area (Å²) in [7, 11) is 0. The number of nitrogens with one attached hydrogen (secondary N) is 1. The van der Waals surface area contributed by atoms with Gasteiger partial charge in [-0.05, 0) is 27.7 Å². The topological polar surface area (TPSA) is 56.3 Å². The summed E-state index contributed by atoms with van der Waals surface area (Å²) in [4.78, 5) is 8.56. The Balaban J connectivity index is 1.93. The van der Waals surface area contributed by atoms with Gasteiger partial charge in [0, 0.05) is 19.3 Å². The zero-order valence-corrected chi connectivity index (χ0v) is 11.5. The molecule has 1 aromatic heterocycles. The fourth-order valence-electron chi connectivity index (χ4n) is 1.99. The van der Waals surface area contributed by atoms with Gasteiger partial charge in [-0.1, -0.05) is 0 Å². The van der Waals surface area contributed by atoms with Crippen LogP contribution < -0.4 is 10.1 Å². The standard InChI is InChI=1S/C13H21N3O2/c1-9-5-15-10(2)12(16-9)17-7-11-6-14-8-13(3,4)18-11/h5,11,14H,6-8H2,1-4H3. The zero-order chi connectivity index (χ0) is 13.2. The summed E-state index contributed by atoms with van der Waals surface area (Å²) in [5.41, 5.74) is 1.53. The largest absolute Gasteiger partial charge is 0.474 e. The average molecular weight is 251 g/mol. The second-order valence-electron chi connectivity index (χ2n) is 5.34. The molecule has 100 valence electrons. The van der Waals surface area contributed by atoms with Crippen molar-refractivity contribution < 1.29 is 9.47 Å². The summed E-state index contributed by atoms with van der Waals surface area (Å²) in [5, 5.41) is 3.35. The molecule has 0 saturated carbocycles. The monoisotopic (exact) mass is 251 g/mol. The maximum Gasteiger partial charge on any atom is 0.235 e. The van der Waals surface area contributed by atoms with E-state index in [1.165, 1.54) is 0 Å². The first-order chi connectivity index (χ1) is 8.46. The molecule has 1 aliphatic heterocycles. The highest BCUT2D eigenvalue weighted by Gasteiger charge is 2.28. The molecule has 1 saturated heterocycles. The van der Waals surface area contributed by atoms with Crippen molar-refractivity contribution in [1.82, 2.24) is 15.3 Å². The highest BCUT2D eigenvalue weighted by Crippen LogP contribution is 2.17. The Morgan fingerprint density at radius 2 is 2.28 bits per heavy atom. The van der Waals surface area contributed by atoms with Crippen LogP contribution in [0.25, 0.3) is 0 Å². The van der Waals surface area contributed by atoms with Crippen LogP contribution in [0.2, 0.25) is 0 Å². The molecule has 2 rings (SSSR count). The van der Waals surface area contributed by atoms with Crippen LogP contribution in [0.1, 0.15) is 25.2 Å². The van der Waals surface area contributed by atoms with Crippen molar-refractivity contribution in [2.75, 3.05) is 19.7 Å². The van der Waals surface area contributed by atoms with E-state index in [0.29, 0.717) is 12.5 Å².